The quantitative estimate of drug-likeness (QED) is 0.749. The standard InChI is InChI=1S/C18H23BF3NO3/c1-16(2)17(3,4)26-19(25-16)14-9-8-12(11-13(14)18(20,21)22)23-10-6-5-7-15(23)24/h8-9,11H,5-7,10H2,1-4H3. The van der Waals surface area contributed by atoms with Gasteiger partial charge in [-0.1, -0.05) is 6.07 Å². The predicted molar refractivity (Wildman–Crippen MR) is 93.4 cm³/mol. The first-order chi connectivity index (χ1) is 11.9. The molecule has 0 aromatic heterocycles. The lowest BCUT2D eigenvalue weighted by Gasteiger charge is -2.32. The van der Waals surface area contributed by atoms with Crippen molar-refractivity contribution in [1.29, 1.82) is 0 Å². The van der Waals surface area contributed by atoms with Gasteiger partial charge in [-0.2, -0.15) is 13.2 Å². The third-order valence-corrected chi connectivity index (χ3v) is 5.48. The predicted octanol–water partition coefficient (Wildman–Crippen LogP) is 3.52. The summed E-state index contributed by atoms with van der Waals surface area (Å²) in [6, 6.07) is 3.94. The van der Waals surface area contributed by atoms with E-state index in [0.29, 0.717) is 13.0 Å². The monoisotopic (exact) mass is 369 g/mol. The Morgan fingerprint density at radius 2 is 1.69 bits per heavy atom. The highest BCUT2D eigenvalue weighted by Gasteiger charge is 2.53. The number of anilines is 1. The van der Waals surface area contributed by atoms with Crippen LogP contribution in [0.1, 0.15) is 52.5 Å². The molecule has 1 aromatic carbocycles. The van der Waals surface area contributed by atoms with E-state index in [9.17, 15) is 18.0 Å². The molecule has 2 aliphatic heterocycles. The summed E-state index contributed by atoms with van der Waals surface area (Å²) in [5.74, 6) is -0.146. The lowest BCUT2D eigenvalue weighted by Crippen LogP contribution is -2.41. The number of amides is 1. The summed E-state index contributed by atoms with van der Waals surface area (Å²) >= 11 is 0. The van der Waals surface area contributed by atoms with Gasteiger partial charge < -0.3 is 14.2 Å². The van der Waals surface area contributed by atoms with Crippen molar-refractivity contribution >= 4 is 24.2 Å². The second-order valence-corrected chi connectivity index (χ2v) is 7.86. The van der Waals surface area contributed by atoms with Crippen LogP contribution in [0.25, 0.3) is 0 Å². The number of nitrogens with zero attached hydrogens (tertiary/aromatic N) is 1. The zero-order valence-electron chi connectivity index (χ0n) is 15.4. The largest absolute Gasteiger partial charge is 0.495 e. The van der Waals surface area contributed by atoms with E-state index in [0.717, 1.165) is 18.9 Å². The molecule has 0 aliphatic carbocycles. The molecule has 1 aromatic rings. The van der Waals surface area contributed by atoms with E-state index >= 15 is 0 Å². The molecule has 0 bridgehead atoms. The molecule has 3 rings (SSSR count). The van der Waals surface area contributed by atoms with Crippen molar-refractivity contribution in [3.05, 3.63) is 23.8 Å². The number of hydrogen-bond acceptors (Lipinski definition) is 3. The summed E-state index contributed by atoms with van der Waals surface area (Å²) < 4.78 is 52.7. The van der Waals surface area contributed by atoms with Gasteiger partial charge in [0.15, 0.2) is 0 Å². The van der Waals surface area contributed by atoms with E-state index < -0.39 is 30.1 Å². The average molecular weight is 369 g/mol. The smallest absolute Gasteiger partial charge is 0.399 e. The van der Waals surface area contributed by atoms with Gasteiger partial charge in [-0.25, -0.2) is 0 Å². The van der Waals surface area contributed by atoms with Crippen LogP contribution in [0.15, 0.2) is 18.2 Å². The molecule has 0 radical (unpaired) electrons. The zero-order valence-corrected chi connectivity index (χ0v) is 15.4. The Kier molecular flexibility index (Phi) is 4.64. The molecule has 0 N–H and O–H groups in total. The van der Waals surface area contributed by atoms with Crippen LogP contribution >= 0.6 is 0 Å². The highest BCUT2D eigenvalue weighted by molar-refractivity contribution is 6.62. The maximum atomic E-state index is 13.7. The van der Waals surface area contributed by atoms with Crippen LogP contribution in [0.3, 0.4) is 0 Å². The molecule has 2 heterocycles. The fourth-order valence-electron chi connectivity index (χ4n) is 3.21. The topological polar surface area (TPSA) is 38.8 Å². The summed E-state index contributed by atoms with van der Waals surface area (Å²) in [5, 5.41) is 0. The van der Waals surface area contributed by atoms with E-state index in [1.165, 1.54) is 11.0 Å². The summed E-state index contributed by atoms with van der Waals surface area (Å²) in [6.07, 6.45) is -2.66. The molecular formula is C18H23BF3NO3. The summed E-state index contributed by atoms with van der Waals surface area (Å²) in [7, 11) is -1.11. The minimum absolute atomic E-state index is 0.0654. The van der Waals surface area contributed by atoms with Crippen LogP contribution in [0.4, 0.5) is 18.9 Å². The van der Waals surface area contributed by atoms with Crippen molar-refractivity contribution < 1.29 is 27.3 Å². The molecule has 8 heteroatoms. The maximum absolute atomic E-state index is 13.7. The van der Waals surface area contributed by atoms with Crippen molar-refractivity contribution in [3.63, 3.8) is 0 Å². The van der Waals surface area contributed by atoms with Crippen LogP contribution in [0.2, 0.25) is 0 Å². The molecule has 0 unspecified atom stereocenters. The second kappa shape index (κ2) is 6.27. The molecule has 1 amide bonds. The van der Waals surface area contributed by atoms with Gasteiger partial charge in [0.05, 0.1) is 16.8 Å². The summed E-state index contributed by atoms with van der Waals surface area (Å²) in [4.78, 5) is 13.5. The Morgan fingerprint density at radius 1 is 1.08 bits per heavy atom. The average Bonchev–Trinajstić information content (AvgIpc) is 2.74. The molecule has 26 heavy (non-hydrogen) atoms. The van der Waals surface area contributed by atoms with Crippen molar-refractivity contribution in [1.82, 2.24) is 0 Å². The lowest BCUT2D eigenvalue weighted by molar-refractivity contribution is -0.137. The van der Waals surface area contributed by atoms with E-state index in [4.69, 9.17) is 9.31 Å². The maximum Gasteiger partial charge on any atom is 0.495 e. The molecule has 0 saturated carbocycles. The Hall–Kier alpha value is -1.54. The van der Waals surface area contributed by atoms with Gasteiger partial charge in [0.2, 0.25) is 5.91 Å². The van der Waals surface area contributed by atoms with Crippen LogP contribution < -0.4 is 10.4 Å². The number of rotatable bonds is 2. The van der Waals surface area contributed by atoms with Crippen LogP contribution in [0.5, 0.6) is 0 Å². The number of hydrogen-bond donors (Lipinski definition) is 0. The minimum Gasteiger partial charge on any atom is -0.399 e. The van der Waals surface area contributed by atoms with Gasteiger partial charge in [-0.15, -0.1) is 0 Å². The third-order valence-electron chi connectivity index (χ3n) is 5.48. The molecular weight excluding hydrogens is 346 g/mol. The molecule has 2 aliphatic rings. The van der Waals surface area contributed by atoms with Crippen molar-refractivity contribution in [2.45, 2.75) is 64.3 Å². The second-order valence-electron chi connectivity index (χ2n) is 7.86. The van der Waals surface area contributed by atoms with Gasteiger partial charge in [-0.05, 0) is 58.1 Å². The Morgan fingerprint density at radius 3 is 2.23 bits per heavy atom. The van der Waals surface area contributed by atoms with E-state index in [1.807, 2.05) is 0 Å². The Bertz CT molecular complexity index is 702. The number of halogens is 3. The molecule has 2 fully saturated rings. The van der Waals surface area contributed by atoms with Crippen molar-refractivity contribution in [2.75, 3.05) is 11.4 Å². The van der Waals surface area contributed by atoms with E-state index in [2.05, 4.69) is 0 Å². The number of carbonyl (C=O) groups is 1. The van der Waals surface area contributed by atoms with Crippen LogP contribution in [0, 0.1) is 0 Å². The lowest BCUT2D eigenvalue weighted by atomic mass is 9.75. The highest BCUT2D eigenvalue weighted by Crippen LogP contribution is 2.39. The molecule has 0 atom stereocenters. The number of alkyl halides is 3. The first-order valence-electron chi connectivity index (χ1n) is 8.79. The molecule has 0 spiro atoms. The number of piperidine rings is 1. The van der Waals surface area contributed by atoms with Gasteiger partial charge in [0.25, 0.3) is 0 Å². The highest BCUT2D eigenvalue weighted by atomic mass is 19.4. The minimum atomic E-state index is -4.58. The van der Waals surface area contributed by atoms with Crippen LogP contribution in [-0.2, 0) is 20.3 Å². The van der Waals surface area contributed by atoms with E-state index in [1.54, 1.807) is 33.8 Å². The third kappa shape index (κ3) is 3.36. The molecule has 142 valence electrons. The normalized spacial score (nSPS) is 22.8. The molecule has 4 nitrogen and oxygen atoms in total. The van der Waals surface area contributed by atoms with E-state index in [-0.39, 0.29) is 17.1 Å². The van der Waals surface area contributed by atoms with Gasteiger partial charge in [0, 0.05) is 18.7 Å². The van der Waals surface area contributed by atoms with Crippen LogP contribution in [-0.4, -0.2) is 30.8 Å². The Balaban J connectivity index is 2.00. The first-order valence-corrected chi connectivity index (χ1v) is 8.79. The zero-order chi connectivity index (χ0) is 19.3. The van der Waals surface area contributed by atoms with Gasteiger partial charge in [0.1, 0.15) is 0 Å². The van der Waals surface area contributed by atoms with Gasteiger partial charge >= 0.3 is 13.3 Å². The fourth-order valence-corrected chi connectivity index (χ4v) is 3.21. The van der Waals surface area contributed by atoms with Crippen molar-refractivity contribution in [2.24, 2.45) is 0 Å². The summed E-state index contributed by atoms with van der Waals surface area (Å²) in [5.41, 5.74) is -2.09. The first kappa shape index (κ1) is 19.2. The number of benzene rings is 1. The molecule has 2 saturated heterocycles. The summed E-state index contributed by atoms with van der Waals surface area (Å²) in [6.45, 7) is 7.61. The SMILES string of the molecule is CC1(C)OB(c2ccc(N3CCCCC3=O)cc2C(F)(F)F)OC1(C)C. The Labute approximate surface area is 151 Å². The fraction of sp³-hybridized carbons (Fsp3) is 0.611. The van der Waals surface area contributed by atoms with Gasteiger partial charge in [-0.3, -0.25) is 4.79 Å². The number of carbonyl (C=O) groups excluding carboxylic acids is 1. The van der Waals surface area contributed by atoms with Crippen molar-refractivity contribution in [3.8, 4) is 0 Å².